The molecule has 0 bridgehead atoms. The van der Waals surface area contributed by atoms with Crippen LogP contribution in [-0.2, 0) is 4.75 Å². The second kappa shape index (κ2) is 9.67. The lowest BCUT2D eigenvalue weighted by Gasteiger charge is -2.37. The topological polar surface area (TPSA) is 38.7 Å². The maximum atomic E-state index is 9.41. The highest BCUT2D eigenvalue weighted by Gasteiger charge is 2.41. The molecule has 0 saturated heterocycles. The largest absolute Gasteiger partial charge is 0.496 e. The molecule has 0 aliphatic heterocycles. The minimum absolute atomic E-state index is 0.162. The Balaban J connectivity index is 2.35. The summed E-state index contributed by atoms with van der Waals surface area (Å²) in [6, 6.07) is 26.7. The number of hydrogen-bond acceptors (Lipinski definition) is 4. The van der Waals surface area contributed by atoms with Crippen molar-refractivity contribution in [3.8, 4) is 11.5 Å². The molecule has 3 aromatic carbocycles. The predicted molar refractivity (Wildman–Crippen MR) is 116 cm³/mol. The summed E-state index contributed by atoms with van der Waals surface area (Å²) >= 11 is 1.79. The van der Waals surface area contributed by atoms with Gasteiger partial charge in [-0.05, 0) is 29.9 Å². The van der Waals surface area contributed by atoms with E-state index in [1.807, 2.05) is 42.5 Å². The van der Waals surface area contributed by atoms with E-state index in [1.54, 1.807) is 26.0 Å². The van der Waals surface area contributed by atoms with Gasteiger partial charge in [-0.2, -0.15) is 0 Å². The average Bonchev–Trinajstić information content (AvgIpc) is 2.77. The highest BCUT2D eigenvalue weighted by Crippen LogP contribution is 2.53. The third-order valence-corrected chi connectivity index (χ3v) is 6.38. The molecular weight excluding hydrogens is 368 g/mol. The molecule has 0 saturated carbocycles. The Labute approximate surface area is 171 Å². The van der Waals surface area contributed by atoms with Crippen LogP contribution in [-0.4, -0.2) is 31.7 Å². The van der Waals surface area contributed by atoms with Crippen molar-refractivity contribution in [2.75, 3.05) is 26.6 Å². The fourth-order valence-corrected chi connectivity index (χ4v) is 5.06. The molecular formula is C24H26O3S. The first-order valence-electron chi connectivity index (χ1n) is 9.35. The van der Waals surface area contributed by atoms with Gasteiger partial charge in [-0.15, -0.1) is 11.8 Å². The Kier molecular flexibility index (Phi) is 7.01. The lowest BCUT2D eigenvalue weighted by atomic mass is 9.83. The standard InChI is InChI=1S/C24H26O3S/c1-26-22-15-8-6-13-20(22)24(28-18-10-17-25,19-11-4-3-5-12-19)21-14-7-9-16-23(21)27-2/h3-9,11-16,25H,10,17-18H2,1-2H3. The lowest BCUT2D eigenvalue weighted by molar-refractivity contribution is 0.296. The van der Waals surface area contributed by atoms with Gasteiger partial charge in [-0.25, -0.2) is 0 Å². The van der Waals surface area contributed by atoms with Gasteiger partial charge in [0.25, 0.3) is 0 Å². The van der Waals surface area contributed by atoms with E-state index in [2.05, 4.69) is 36.4 Å². The normalized spacial score (nSPS) is 11.2. The summed E-state index contributed by atoms with van der Waals surface area (Å²) in [6.45, 7) is 0.162. The highest BCUT2D eigenvalue weighted by molar-refractivity contribution is 8.00. The zero-order chi connectivity index (χ0) is 19.8. The minimum Gasteiger partial charge on any atom is -0.496 e. The number of para-hydroxylation sites is 2. The monoisotopic (exact) mass is 394 g/mol. The first-order chi connectivity index (χ1) is 13.8. The first kappa shape index (κ1) is 20.3. The molecule has 3 aromatic rings. The number of thioether (sulfide) groups is 1. The van der Waals surface area contributed by atoms with Gasteiger partial charge in [0, 0.05) is 17.7 Å². The van der Waals surface area contributed by atoms with Crippen LogP contribution in [0.4, 0.5) is 0 Å². The van der Waals surface area contributed by atoms with E-state index >= 15 is 0 Å². The molecule has 0 amide bonds. The fraction of sp³-hybridized carbons (Fsp3) is 0.250. The van der Waals surface area contributed by atoms with Gasteiger partial charge in [-0.1, -0.05) is 66.7 Å². The number of hydrogen-bond donors (Lipinski definition) is 1. The van der Waals surface area contributed by atoms with E-state index in [4.69, 9.17) is 9.47 Å². The Hall–Kier alpha value is -2.43. The van der Waals surface area contributed by atoms with E-state index in [1.165, 1.54) is 0 Å². The fourth-order valence-electron chi connectivity index (χ4n) is 3.53. The predicted octanol–water partition coefficient (Wildman–Crippen LogP) is 5.11. The maximum Gasteiger partial charge on any atom is 0.124 e. The van der Waals surface area contributed by atoms with Crippen LogP contribution >= 0.6 is 11.8 Å². The van der Waals surface area contributed by atoms with Gasteiger partial charge in [-0.3, -0.25) is 0 Å². The highest BCUT2D eigenvalue weighted by atomic mass is 32.2. The summed E-state index contributed by atoms with van der Waals surface area (Å²) in [5, 5.41) is 9.41. The SMILES string of the molecule is COc1ccccc1C(SCCCO)(c1ccccc1)c1ccccc1OC. The van der Waals surface area contributed by atoms with Crippen LogP contribution in [0.25, 0.3) is 0 Å². The van der Waals surface area contributed by atoms with Crippen LogP contribution in [0.1, 0.15) is 23.1 Å². The molecule has 0 spiro atoms. The van der Waals surface area contributed by atoms with E-state index in [-0.39, 0.29) is 6.61 Å². The molecule has 0 aromatic heterocycles. The van der Waals surface area contributed by atoms with Crippen LogP contribution in [0.15, 0.2) is 78.9 Å². The smallest absolute Gasteiger partial charge is 0.124 e. The van der Waals surface area contributed by atoms with E-state index < -0.39 is 4.75 Å². The number of benzene rings is 3. The Morgan fingerprint density at radius 3 is 1.75 bits per heavy atom. The zero-order valence-corrected chi connectivity index (χ0v) is 17.1. The summed E-state index contributed by atoms with van der Waals surface area (Å²) < 4.78 is 11.0. The molecule has 146 valence electrons. The molecule has 0 heterocycles. The van der Waals surface area contributed by atoms with Crippen molar-refractivity contribution < 1.29 is 14.6 Å². The third kappa shape index (κ3) is 3.89. The Morgan fingerprint density at radius 1 is 0.750 bits per heavy atom. The molecule has 0 aliphatic rings. The molecule has 0 radical (unpaired) electrons. The first-order valence-corrected chi connectivity index (χ1v) is 10.3. The summed E-state index contributed by atoms with van der Waals surface area (Å²) in [5.74, 6) is 2.45. The van der Waals surface area contributed by atoms with Crippen molar-refractivity contribution in [1.82, 2.24) is 0 Å². The minimum atomic E-state index is -0.532. The van der Waals surface area contributed by atoms with Gasteiger partial charge in [0.15, 0.2) is 0 Å². The third-order valence-electron chi connectivity index (χ3n) is 4.77. The van der Waals surface area contributed by atoms with E-state index in [0.29, 0.717) is 6.42 Å². The van der Waals surface area contributed by atoms with Gasteiger partial charge >= 0.3 is 0 Å². The summed E-state index contributed by atoms with van der Waals surface area (Å²) in [4.78, 5) is 0. The molecule has 4 heteroatoms. The summed E-state index contributed by atoms with van der Waals surface area (Å²) in [6.07, 6.45) is 0.712. The van der Waals surface area contributed by atoms with Gasteiger partial charge in [0.2, 0.25) is 0 Å². The Bertz CT molecular complexity index is 832. The molecule has 0 aliphatic carbocycles. The van der Waals surface area contributed by atoms with Crippen LogP contribution in [0.3, 0.4) is 0 Å². The van der Waals surface area contributed by atoms with Crippen LogP contribution in [0.2, 0.25) is 0 Å². The van der Waals surface area contributed by atoms with Crippen LogP contribution in [0.5, 0.6) is 11.5 Å². The van der Waals surface area contributed by atoms with Gasteiger partial charge in [0.1, 0.15) is 11.5 Å². The number of aliphatic hydroxyl groups is 1. The average molecular weight is 395 g/mol. The van der Waals surface area contributed by atoms with E-state index in [9.17, 15) is 5.11 Å². The van der Waals surface area contributed by atoms with Gasteiger partial charge in [0.05, 0.1) is 19.0 Å². The number of rotatable bonds is 9. The number of ether oxygens (including phenoxy) is 2. The summed E-state index contributed by atoms with van der Waals surface area (Å²) in [7, 11) is 3.41. The molecule has 0 unspecified atom stereocenters. The Morgan fingerprint density at radius 2 is 1.25 bits per heavy atom. The van der Waals surface area contributed by atoms with Crippen molar-refractivity contribution >= 4 is 11.8 Å². The zero-order valence-electron chi connectivity index (χ0n) is 16.3. The summed E-state index contributed by atoms with van der Waals surface area (Å²) in [5.41, 5.74) is 3.28. The van der Waals surface area contributed by atoms with Crippen LogP contribution < -0.4 is 9.47 Å². The van der Waals surface area contributed by atoms with Crippen molar-refractivity contribution in [1.29, 1.82) is 0 Å². The quantitative estimate of drug-likeness (QED) is 0.404. The second-order valence-corrected chi connectivity index (χ2v) is 7.68. The number of aliphatic hydroxyl groups excluding tert-OH is 1. The van der Waals surface area contributed by atoms with Crippen molar-refractivity contribution in [2.24, 2.45) is 0 Å². The van der Waals surface area contributed by atoms with Crippen molar-refractivity contribution in [3.05, 3.63) is 95.6 Å². The molecule has 1 N–H and O–H groups in total. The van der Waals surface area contributed by atoms with Gasteiger partial charge < -0.3 is 14.6 Å². The maximum absolute atomic E-state index is 9.41. The molecule has 0 atom stereocenters. The van der Waals surface area contributed by atoms with Crippen molar-refractivity contribution in [2.45, 2.75) is 11.2 Å². The van der Waals surface area contributed by atoms with Crippen LogP contribution in [0, 0.1) is 0 Å². The lowest BCUT2D eigenvalue weighted by Crippen LogP contribution is -2.27. The number of methoxy groups -OCH3 is 2. The van der Waals surface area contributed by atoms with E-state index in [0.717, 1.165) is 33.9 Å². The molecule has 0 fully saturated rings. The molecule has 28 heavy (non-hydrogen) atoms. The van der Waals surface area contributed by atoms with Crippen molar-refractivity contribution in [3.63, 3.8) is 0 Å². The molecule has 3 nitrogen and oxygen atoms in total. The second-order valence-electron chi connectivity index (χ2n) is 6.37. The molecule has 3 rings (SSSR count).